The molecule has 49 heavy (non-hydrogen) atoms. The summed E-state index contributed by atoms with van der Waals surface area (Å²) in [6.07, 6.45) is 8.82. The van der Waals surface area contributed by atoms with Crippen LogP contribution in [0.3, 0.4) is 0 Å². The van der Waals surface area contributed by atoms with Crippen LogP contribution in [0.5, 0.6) is 0 Å². The zero-order valence-corrected chi connectivity index (χ0v) is 27.1. The molecule has 1 aromatic heterocycles. The van der Waals surface area contributed by atoms with E-state index in [4.69, 9.17) is 9.47 Å². The second-order valence-electron chi connectivity index (χ2n) is 13.0. The molecule has 256 valence electrons. The van der Waals surface area contributed by atoms with Gasteiger partial charge in [0.1, 0.15) is 30.4 Å². The third-order valence-corrected chi connectivity index (χ3v) is 9.94. The fourth-order valence-corrected chi connectivity index (χ4v) is 7.58. The third kappa shape index (κ3) is 6.12. The molecule has 5 heterocycles. The van der Waals surface area contributed by atoms with Crippen LogP contribution in [-0.2, 0) is 35.3 Å². The van der Waals surface area contributed by atoms with Crippen LogP contribution in [0.4, 0.5) is 0 Å². The largest absolute Gasteiger partial charge is 0.463 e. The Morgan fingerprint density at radius 1 is 0.959 bits per heavy atom. The number of allylic oxidation sites excluding steroid dienone is 1. The highest BCUT2D eigenvalue weighted by Gasteiger charge is 2.73. The summed E-state index contributed by atoms with van der Waals surface area (Å²) in [5.41, 5.74) is 0.821. The van der Waals surface area contributed by atoms with E-state index < -0.39 is 47.5 Å². The van der Waals surface area contributed by atoms with Crippen LogP contribution in [-0.4, -0.2) is 97.6 Å². The number of amides is 3. The van der Waals surface area contributed by atoms with Gasteiger partial charge in [-0.3, -0.25) is 19.2 Å². The summed E-state index contributed by atoms with van der Waals surface area (Å²) in [4.78, 5) is 59.5. The number of hydrogen-bond acceptors (Lipinski definition) is 9. The Kier molecular flexibility index (Phi) is 9.28. The first-order valence-corrected chi connectivity index (χ1v) is 16.9. The van der Waals surface area contributed by atoms with Crippen molar-refractivity contribution in [3.05, 3.63) is 84.5 Å². The van der Waals surface area contributed by atoms with Crippen LogP contribution in [0.1, 0.15) is 43.7 Å². The van der Waals surface area contributed by atoms with Crippen molar-refractivity contribution in [2.24, 2.45) is 11.8 Å². The van der Waals surface area contributed by atoms with Crippen molar-refractivity contribution in [3.8, 4) is 0 Å². The minimum Gasteiger partial charge on any atom is -0.463 e. The van der Waals surface area contributed by atoms with Crippen molar-refractivity contribution >= 4 is 34.7 Å². The molecule has 5 bridgehead atoms. The number of para-hydroxylation sites is 1. The number of nitrogens with one attached hydrogen (secondary N) is 1. The van der Waals surface area contributed by atoms with E-state index >= 15 is 0 Å². The smallest absolute Gasteiger partial charge is 0.306 e. The Morgan fingerprint density at radius 2 is 1.78 bits per heavy atom. The van der Waals surface area contributed by atoms with Crippen molar-refractivity contribution in [1.29, 1.82) is 0 Å². The van der Waals surface area contributed by atoms with Crippen LogP contribution in [0.25, 0.3) is 11.0 Å². The predicted molar refractivity (Wildman–Crippen MR) is 176 cm³/mol. The molecule has 4 aliphatic heterocycles. The minimum atomic E-state index is -1.35. The monoisotopic (exact) mass is 668 g/mol. The first-order chi connectivity index (χ1) is 23.9. The van der Waals surface area contributed by atoms with E-state index in [0.717, 1.165) is 11.1 Å². The van der Waals surface area contributed by atoms with E-state index in [1.165, 1.54) is 0 Å². The molecule has 6 atom stereocenters. The van der Waals surface area contributed by atoms with Gasteiger partial charge in [-0.1, -0.05) is 72.0 Å². The highest BCUT2D eigenvalue weighted by Crippen LogP contribution is 2.55. The zero-order chi connectivity index (χ0) is 34.0. The summed E-state index contributed by atoms with van der Waals surface area (Å²) >= 11 is 0. The lowest BCUT2D eigenvalue weighted by Gasteiger charge is -2.35. The Balaban J connectivity index is 1.27. The van der Waals surface area contributed by atoms with Gasteiger partial charge in [0.05, 0.1) is 29.5 Å². The van der Waals surface area contributed by atoms with Crippen molar-refractivity contribution in [2.45, 2.75) is 62.6 Å². The number of esters is 1. The average molecular weight is 669 g/mol. The SMILES string of the molecule is O=C1CC/C=C\CN(Cn2nnc3ccccc32)C(=O)[C@H]2N(CCCCCO)C(=O)[C@@H]3[C@@H](C(=O)N[C@@H](c4ccccc4)CO1)[C@H]1C=C[C@]32O1. The molecule has 2 fully saturated rings. The fourth-order valence-electron chi connectivity index (χ4n) is 7.58. The van der Waals surface area contributed by atoms with Crippen LogP contribution < -0.4 is 5.32 Å². The van der Waals surface area contributed by atoms with Gasteiger partial charge in [-0.05, 0) is 43.4 Å². The van der Waals surface area contributed by atoms with Gasteiger partial charge < -0.3 is 29.7 Å². The summed E-state index contributed by atoms with van der Waals surface area (Å²) in [6, 6.07) is 15.0. The van der Waals surface area contributed by atoms with E-state index in [0.29, 0.717) is 31.2 Å². The summed E-state index contributed by atoms with van der Waals surface area (Å²) < 4.78 is 13.8. The van der Waals surface area contributed by atoms with Gasteiger partial charge >= 0.3 is 5.97 Å². The van der Waals surface area contributed by atoms with E-state index in [9.17, 15) is 24.3 Å². The molecule has 4 aliphatic rings. The number of ether oxygens (including phenoxy) is 2. The Hall–Kier alpha value is -4.88. The van der Waals surface area contributed by atoms with Gasteiger partial charge in [0, 0.05) is 26.1 Å². The number of cyclic esters (lactones) is 1. The molecule has 2 saturated heterocycles. The van der Waals surface area contributed by atoms with Gasteiger partial charge in [0.25, 0.3) is 5.91 Å². The minimum absolute atomic E-state index is 0.0303. The molecule has 3 amide bonds. The molecule has 13 nitrogen and oxygen atoms in total. The second-order valence-corrected chi connectivity index (χ2v) is 13.0. The lowest BCUT2D eigenvalue weighted by atomic mass is 9.74. The summed E-state index contributed by atoms with van der Waals surface area (Å²) in [5.74, 6) is -3.33. The van der Waals surface area contributed by atoms with E-state index in [2.05, 4.69) is 15.6 Å². The summed E-state index contributed by atoms with van der Waals surface area (Å²) in [5, 5.41) is 21.0. The van der Waals surface area contributed by atoms with Crippen molar-refractivity contribution in [3.63, 3.8) is 0 Å². The Morgan fingerprint density at radius 3 is 2.61 bits per heavy atom. The number of likely N-dealkylation sites (tertiary alicyclic amines) is 1. The number of unbranched alkanes of at least 4 members (excludes halogenated alkanes) is 2. The molecule has 7 rings (SSSR count). The summed E-state index contributed by atoms with van der Waals surface area (Å²) in [6.45, 7) is 0.433. The van der Waals surface area contributed by atoms with Crippen LogP contribution in [0, 0.1) is 11.8 Å². The molecular weight excluding hydrogens is 628 g/mol. The van der Waals surface area contributed by atoms with Gasteiger partial charge in [-0.2, -0.15) is 0 Å². The van der Waals surface area contributed by atoms with Crippen molar-refractivity contribution < 1.29 is 33.8 Å². The van der Waals surface area contributed by atoms with Crippen molar-refractivity contribution in [2.75, 3.05) is 26.3 Å². The second kappa shape index (κ2) is 13.9. The maximum absolute atomic E-state index is 14.9. The molecule has 1 spiro atoms. The molecule has 0 radical (unpaired) electrons. The zero-order valence-electron chi connectivity index (χ0n) is 27.1. The number of nitrogens with zero attached hydrogens (tertiary/aromatic N) is 5. The Labute approximate surface area is 283 Å². The Bertz CT molecular complexity index is 1780. The molecule has 13 heteroatoms. The lowest BCUT2D eigenvalue weighted by Crippen LogP contribution is -2.56. The topological polar surface area (TPSA) is 156 Å². The maximum atomic E-state index is 14.9. The normalized spacial score (nSPS) is 29.4. The van der Waals surface area contributed by atoms with Gasteiger partial charge in [0.15, 0.2) is 0 Å². The summed E-state index contributed by atoms with van der Waals surface area (Å²) in [7, 11) is 0. The molecule has 2 N–H and O–H groups in total. The van der Waals surface area contributed by atoms with Crippen LogP contribution in [0.2, 0.25) is 0 Å². The first kappa shape index (κ1) is 32.7. The van der Waals surface area contributed by atoms with Crippen LogP contribution in [0.15, 0.2) is 78.9 Å². The van der Waals surface area contributed by atoms with E-state index in [1.54, 1.807) is 26.6 Å². The van der Waals surface area contributed by atoms with Crippen LogP contribution >= 0.6 is 0 Å². The average Bonchev–Trinajstić information content (AvgIpc) is 3.87. The van der Waals surface area contributed by atoms with Gasteiger partial charge in [0.2, 0.25) is 11.8 Å². The quantitative estimate of drug-likeness (QED) is 0.209. The van der Waals surface area contributed by atoms with E-state index in [-0.39, 0.29) is 51.2 Å². The molecule has 0 unspecified atom stereocenters. The highest BCUT2D eigenvalue weighted by atomic mass is 16.5. The number of aromatic nitrogens is 3. The number of hydrogen-bond donors (Lipinski definition) is 2. The third-order valence-electron chi connectivity index (χ3n) is 9.94. The highest BCUT2D eigenvalue weighted by molar-refractivity contribution is 6.00. The van der Waals surface area contributed by atoms with Gasteiger partial charge in [-0.15, -0.1) is 5.10 Å². The number of fused-ring (bicyclic) bond motifs is 3. The van der Waals surface area contributed by atoms with E-state index in [1.807, 2.05) is 66.7 Å². The number of rotatable bonds is 8. The molecular formula is C36H40N6O7. The molecule has 3 aromatic rings. The molecule has 0 saturated carbocycles. The lowest BCUT2D eigenvalue weighted by molar-refractivity contribution is -0.148. The molecule has 2 aromatic carbocycles. The predicted octanol–water partition coefficient (Wildman–Crippen LogP) is 2.28. The number of carbonyl (C=O) groups is 4. The maximum Gasteiger partial charge on any atom is 0.306 e. The standard InChI is InChI=1S/C36H40N6O7/c43-21-11-3-10-20-41-32-35(47)40(23-42-27-15-8-7-14-25(27)38-39-42)19-9-2-6-16-29(44)48-22-26(24-12-4-1-5-13-24)37-33(45)30-28-17-18-36(32,49-28)31(30)34(41)46/h1-2,4-5,7-9,12-15,17-18,26,28,30-32,43H,3,6,10-11,16,19-23H2,(H,37,45)/b9-2-/t26-,28-,30+,31+,32-,36+/m1/s1. The number of benzene rings is 2. The van der Waals surface area contributed by atoms with Crippen molar-refractivity contribution in [1.82, 2.24) is 30.1 Å². The first-order valence-electron chi connectivity index (χ1n) is 16.9. The fraction of sp³-hybridized carbons (Fsp3) is 0.444. The molecule has 0 aliphatic carbocycles. The number of aliphatic hydroxyl groups is 1. The number of carbonyl (C=O) groups excluding carboxylic acids is 4. The van der Waals surface area contributed by atoms with Gasteiger partial charge in [-0.25, -0.2) is 4.68 Å². The number of aliphatic hydroxyl groups excluding tert-OH is 1.